The van der Waals surface area contributed by atoms with E-state index >= 15 is 0 Å². The van der Waals surface area contributed by atoms with Crippen LogP contribution in [0.2, 0.25) is 5.02 Å². The van der Waals surface area contributed by atoms with Gasteiger partial charge >= 0.3 is 0 Å². The zero-order chi connectivity index (χ0) is 11.7. The maximum atomic E-state index is 6.07. The lowest BCUT2D eigenvalue weighted by Gasteiger charge is -2.33. The first-order valence-electron chi connectivity index (χ1n) is 6.78. The SMILES string of the molecule is Clc1cccc(N2CCC3(CCCCC3)C2)c1. The average Bonchev–Trinajstić information content (AvgIpc) is 2.74. The molecule has 0 N–H and O–H groups in total. The average molecular weight is 250 g/mol. The Hall–Kier alpha value is -0.690. The van der Waals surface area contributed by atoms with Crippen molar-refractivity contribution in [2.45, 2.75) is 38.5 Å². The van der Waals surface area contributed by atoms with Crippen LogP contribution >= 0.6 is 11.6 Å². The minimum Gasteiger partial charge on any atom is -0.371 e. The molecule has 1 saturated heterocycles. The fourth-order valence-electron chi connectivity index (χ4n) is 3.54. The van der Waals surface area contributed by atoms with Gasteiger partial charge in [0.05, 0.1) is 0 Å². The smallest absolute Gasteiger partial charge is 0.0426 e. The number of hydrogen-bond acceptors (Lipinski definition) is 1. The van der Waals surface area contributed by atoms with Crippen molar-refractivity contribution in [3.63, 3.8) is 0 Å². The number of rotatable bonds is 1. The van der Waals surface area contributed by atoms with E-state index in [1.807, 2.05) is 6.07 Å². The van der Waals surface area contributed by atoms with Gasteiger partial charge in [0.15, 0.2) is 0 Å². The molecule has 0 bridgehead atoms. The lowest BCUT2D eigenvalue weighted by Crippen LogP contribution is -2.29. The van der Waals surface area contributed by atoms with Gasteiger partial charge < -0.3 is 4.90 Å². The number of nitrogens with zero attached hydrogens (tertiary/aromatic N) is 1. The third kappa shape index (κ3) is 2.30. The molecule has 2 fully saturated rings. The van der Waals surface area contributed by atoms with Crippen LogP contribution in [-0.4, -0.2) is 13.1 Å². The van der Waals surface area contributed by atoms with Gasteiger partial charge in [-0.05, 0) is 42.9 Å². The van der Waals surface area contributed by atoms with E-state index in [4.69, 9.17) is 11.6 Å². The fraction of sp³-hybridized carbons (Fsp3) is 0.600. The van der Waals surface area contributed by atoms with Gasteiger partial charge in [0.2, 0.25) is 0 Å². The summed E-state index contributed by atoms with van der Waals surface area (Å²) in [7, 11) is 0. The van der Waals surface area contributed by atoms with Crippen LogP contribution in [0.1, 0.15) is 38.5 Å². The molecule has 1 heterocycles. The summed E-state index contributed by atoms with van der Waals surface area (Å²) >= 11 is 6.07. The summed E-state index contributed by atoms with van der Waals surface area (Å²) in [6, 6.07) is 8.30. The van der Waals surface area contributed by atoms with E-state index in [-0.39, 0.29) is 0 Å². The Bertz CT molecular complexity index is 396. The molecule has 1 aromatic rings. The molecule has 0 radical (unpaired) electrons. The van der Waals surface area contributed by atoms with E-state index in [0.717, 1.165) is 5.02 Å². The number of halogens is 1. The van der Waals surface area contributed by atoms with Gasteiger partial charge in [0.1, 0.15) is 0 Å². The van der Waals surface area contributed by atoms with Gasteiger partial charge in [-0.15, -0.1) is 0 Å². The molecule has 1 saturated carbocycles. The Kier molecular flexibility index (Phi) is 3.04. The van der Waals surface area contributed by atoms with Crippen molar-refractivity contribution < 1.29 is 0 Å². The van der Waals surface area contributed by atoms with Crippen LogP contribution < -0.4 is 4.90 Å². The second kappa shape index (κ2) is 4.53. The molecule has 0 unspecified atom stereocenters. The molecular formula is C15H20ClN. The van der Waals surface area contributed by atoms with Crippen molar-refractivity contribution in [3.05, 3.63) is 29.3 Å². The zero-order valence-electron chi connectivity index (χ0n) is 10.3. The molecule has 1 aliphatic heterocycles. The molecule has 17 heavy (non-hydrogen) atoms. The number of anilines is 1. The number of benzene rings is 1. The molecule has 92 valence electrons. The largest absolute Gasteiger partial charge is 0.371 e. The summed E-state index contributed by atoms with van der Waals surface area (Å²) in [6.45, 7) is 2.45. The van der Waals surface area contributed by atoms with Crippen LogP contribution in [-0.2, 0) is 0 Å². The second-order valence-electron chi connectivity index (χ2n) is 5.71. The fourth-order valence-corrected chi connectivity index (χ4v) is 3.72. The van der Waals surface area contributed by atoms with Crippen LogP contribution in [0, 0.1) is 5.41 Å². The summed E-state index contributed by atoms with van der Waals surface area (Å²) in [6.07, 6.45) is 8.55. The topological polar surface area (TPSA) is 3.24 Å². The first kappa shape index (κ1) is 11.4. The van der Waals surface area contributed by atoms with Crippen LogP contribution in [0.4, 0.5) is 5.69 Å². The van der Waals surface area contributed by atoms with Gasteiger partial charge in [0.25, 0.3) is 0 Å². The second-order valence-corrected chi connectivity index (χ2v) is 6.15. The highest BCUT2D eigenvalue weighted by Gasteiger charge is 2.38. The predicted molar refractivity (Wildman–Crippen MR) is 73.8 cm³/mol. The number of hydrogen-bond donors (Lipinski definition) is 0. The quantitative estimate of drug-likeness (QED) is 0.708. The molecule has 1 aliphatic carbocycles. The van der Waals surface area contributed by atoms with Gasteiger partial charge in [-0.3, -0.25) is 0 Å². The molecule has 1 nitrogen and oxygen atoms in total. The lowest BCUT2D eigenvalue weighted by molar-refractivity contribution is 0.219. The maximum absolute atomic E-state index is 6.07. The van der Waals surface area contributed by atoms with Gasteiger partial charge in [-0.1, -0.05) is 36.9 Å². The van der Waals surface area contributed by atoms with Gasteiger partial charge in [-0.2, -0.15) is 0 Å². The third-order valence-corrected chi connectivity index (χ3v) is 4.76. The molecule has 3 rings (SSSR count). The minimum absolute atomic E-state index is 0.626. The lowest BCUT2D eigenvalue weighted by atomic mass is 9.73. The Labute approximate surface area is 109 Å². The van der Waals surface area contributed by atoms with E-state index in [1.54, 1.807) is 0 Å². The van der Waals surface area contributed by atoms with Crippen LogP contribution in [0.3, 0.4) is 0 Å². The van der Waals surface area contributed by atoms with Gasteiger partial charge in [-0.25, -0.2) is 0 Å². The Morgan fingerprint density at radius 3 is 2.65 bits per heavy atom. The molecule has 0 atom stereocenters. The van der Waals surface area contributed by atoms with Crippen LogP contribution in [0.25, 0.3) is 0 Å². The highest BCUT2D eigenvalue weighted by atomic mass is 35.5. The predicted octanol–water partition coefficient (Wildman–Crippen LogP) is 4.50. The molecule has 1 aromatic carbocycles. The Balaban J connectivity index is 1.75. The molecule has 1 spiro atoms. The van der Waals surface area contributed by atoms with E-state index in [1.165, 1.54) is 57.3 Å². The summed E-state index contributed by atoms with van der Waals surface area (Å²) in [4.78, 5) is 2.52. The van der Waals surface area contributed by atoms with Crippen LogP contribution in [0.15, 0.2) is 24.3 Å². The molecule has 0 amide bonds. The molecule has 0 aromatic heterocycles. The van der Waals surface area contributed by atoms with Crippen molar-refractivity contribution >= 4 is 17.3 Å². The monoisotopic (exact) mass is 249 g/mol. The molecule has 2 aliphatic rings. The highest BCUT2D eigenvalue weighted by molar-refractivity contribution is 6.30. The standard InChI is InChI=1S/C15H20ClN/c16-13-5-4-6-14(11-13)17-10-9-15(12-17)7-2-1-3-8-15/h4-6,11H,1-3,7-10,12H2. The van der Waals surface area contributed by atoms with Crippen molar-refractivity contribution in [1.82, 2.24) is 0 Å². The summed E-state index contributed by atoms with van der Waals surface area (Å²) in [5.74, 6) is 0. The first-order valence-corrected chi connectivity index (χ1v) is 7.16. The zero-order valence-corrected chi connectivity index (χ0v) is 11.0. The molecule has 2 heteroatoms. The van der Waals surface area contributed by atoms with Crippen LogP contribution in [0.5, 0.6) is 0 Å². The van der Waals surface area contributed by atoms with E-state index in [0.29, 0.717) is 5.41 Å². The molecular weight excluding hydrogens is 230 g/mol. The normalized spacial score (nSPS) is 23.2. The summed E-state index contributed by atoms with van der Waals surface area (Å²) < 4.78 is 0. The van der Waals surface area contributed by atoms with Crippen molar-refractivity contribution in [1.29, 1.82) is 0 Å². The summed E-state index contributed by atoms with van der Waals surface area (Å²) in [5.41, 5.74) is 1.93. The Morgan fingerprint density at radius 2 is 1.88 bits per heavy atom. The Morgan fingerprint density at radius 1 is 1.06 bits per heavy atom. The van der Waals surface area contributed by atoms with Crippen molar-refractivity contribution in [2.24, 2.45) is 5.41 Å². The third-order valence-electron chi connectivity index (χ3n) is 4.53. The summed E-state index contributed by atoms with van der Waals surface area (Å²) in [5, 5.41) is 0.854. The van der Waals surface area contributed by atoms with E-state index in [9.17, 15) is 0 Å². The van der Waals surface area contributed by atoms with E-state index in [2.05, 4.69) is 23.1 Å². The minimum atomic E-state index is 0.626. The first-order chi connectivity index (χ1) is 8.27. The maximum Gasteiger partial charge on any atom is 0.0426 e. The van der Waals surface area contributed by atoms with Gasteiger partial charge in [0, 0.05) is 23.8 Å². The van der Waals surface area contributed by atoms with Crippen molar-refractivity contribution in [2.75, 3.05) is 18.0 Å². The van der Waals surface area contributed by atoms with E-state index < -0.39 is 0 Å². The highest BCUT2D eigenvalue weighted by Crippen LogP contribution is 2.44. The van der Waals surface area contributed by atoms with Crippen molar-refractivity contribution in [3.8, 4) is 0 Å².